The topological polar surface area (TPSA) is 83.4 Å². The molecular weight excluding hydrogens is 366 g/mol. The first-order valence-electron chi connectivity index (χ1n) is 9.83. The van der Waals surface area contributed by atoms with Crippen molar-refractivity contribution in [3.63, 3.8) is 0 Å². The standard InChI is InChI=1S/C22H21N5O2/c1-14-11-26(21(29)22(14,13-23)17-3-4-17)18-5-7-24-27-12-16(9-19(18)27)15-6-8-25(2)20(28)10-15/h5-10,12,14,17H,3-4,11H2,1-2H3/t14-,22+/m1/s1. The van der Waals surface area contributed by atoms with Crippen LogP contribution in [0.1, 0.15) is 19.8 Å². The molecule has 0 spiro atoms. The van der Waals surface area contributed by atoms with Gasteiger partial charge in [0.2, 0.25) is 5.91 Å². The second-order valence-corrected chi connectivity index (χ2v) is 8.21. The van der Waals surface area contributed by atoms with Crippen molar-refractivity contribution in [2.45, 2.75) is 19.8 Å². The van der Waals surface area contributed by atoms with Crippen LogP contribution in [0.3, 0.4) is 0 Å². The quantitative estimate of drug-likeness (QED) is 0.692. The molecule has 1 aliphatic carbocycles. The summed E-state index contributed by atoms with van der Waals surface area (Å²) < 4.78 is 3.25. The van der Waals surface area contributed by atoms with E-state index in [4.69, 9.17) is 0 Å². The minimum Gasteiger partial charge on any atom is -0.319 e. The fourth-order valence-electron chi connectivity index (χ4n) is 4.62. The van der Waals surface area contributed by atoms with Crippen molar-refractivity contribution in [1.29, 1.82) is 5.26 Å². The van der Waals surface area contributed by atoms with Crippen molar-refractivity contribution < 1.29 is 4.79 Å². The van der Waals surface area contributed by atoms with Crippen LogP contribution in [0.5, 0.6) is 0 Å². The Bertz CT molecular complexity index is 1250. The number of rotatable bonds is 3. The Labute approximate surface area is 167 Å². The molecule has 3 aromatic heterocycles. The molecule has 29 heavy (non-hydrogen) atoms. The third-order valence-corrected chi connectivity index (χ3v) is 6.45. The van der Waals surface area contributed by atoms with Crippen molar-refractivity contribution >= 4 is 17.1 Å². The Hall–Kier alpha value is -3.40. The lowest BCUT2D eigenvalue weighted by Crippen LogP contribution is -2.37. The van der Waals surface area contributed by atoms with E-state index in [1.165, 1.54) is 4.57 Å². The maximum atomic E-state index is 13.4. The predicted octanol–water partition coefficient (Wildman–Crippen LogP) is 2.60. The van der Waals surface area contributed by atoms with Crippen LogP contribution in [0.25, 0.3) is 16.6 Å². The Morgan fingerprint density at radius 1 is 1.21 bits per heavy atom. The van der Waals surface area contributed by atoms with Crippen LogP contribution in [0.15, 0.2) is 47.7 Å². The van der Waals surface area contributed by atoms with Gasteiger partial charge in [0.15, 0.2) is 0 Å². The summed E-state index contributed by atoms with van der Waals surface area (Å²) in [4.78, 5) is 27.1. The van der Waals surface area contributed by atoms with Crippen molar-refractivity contribution in [3.05, 3.63) is 53.2 Å². The van der Waals surface area contributed by atoms with Gasteiger partial charge in [0, 0.05) is 49.7 Å². The van der Waals surface area contributed by atoms with Gasteiger partial charge in [0.05, 0.1) is 17.3 Å². The molecule has 0 radical (unpaired) electrons. The highest BCUT2D eigenvalue weighted by Gasteiger charge is 2.61. The van der Waals surface area contributed by atoms with Crippen molar-refractivity contribution in [2.24, 2.45) is 24.3 Å². The number of pyridine rings is 1. The lowest BCUT2D eigenvalue weighted by molar-refractivity contribution is -0.124. The van der Waals surface area contributed by atoms with Gasteiger partial charge in [-0.2, -0.15) is 10.4 Å². The van der Waals surface area contributed by atoms with Gasteiger partial charge in [-0.1, -0.05) is 6.92 Å². The van der Waals surface area contributed by atoms with E-state index in [2.05, 4.69) is 11.2 Å². The molecule has 5 rings (SSSR count). The second kappa shape index (κ2) is 6.05. The largest absolute Gasteiger partial charge is 0.319 e. The fraction of sp³-hybridized carbons (Fsp3) is 0.364. The Morgan fingerprint density at radius 2 is 2.00 bits per heavy atom. The van der Waals surface area contributed by atoms with Crippen molar-refractivity contribution in [3.8, 4) is 17.2 Å². The average molecular weight is 387 g/mol. The molecule has 1 saturated carbocycles. The lowest BCUT2D eigenvalue weighted by atomic mass is 9.75. The maximum Gasteiger partial charge on any atom is 0.250 e. The molecule has 2 fully saturated rings. The molecule has 0 bridgehead atoms. The zero-order chi connectivity index (χ0) is 20.3. The summed E-state index contributed by atoms with van der Waals surface area (Å²) in [5.74, 6) is 0.0486. The predicted molar refractivity (Wildman–Crippen MR) is 108 cm³/mol. The Morgan fingerprint density at radius 3 is 2.69 bits per heavy atom. The molecule has 0 aromatic carbocycles. The third-order valence-electron chi connectivity index (χ3n) is 6.45. The van der Waals surface area contributed by atoms with Gasteiger partial charge in [-0.05, 0) is 42.5 Å². The Balaban J connectivity index is 1.61. The summed E-state index contributed by atoms with van der Waals surface area (Å²) >= 11 is 0. The number of anilines is 1. The van der Waals surface area contributed by atoms with Crippen LogP contribution in [0, 0.1) is 28.6 Å². The van der Waals surface area contributed by atoms with Gasteiger partial charge in [0.1, 0.15) is 5.41 Å². The number of aromatic nitrogens is 3. The van der Waals surface area contributed by atoms with E-state index in [9.17, 15) is 14.9 Å². The summed E-state index contributed by atoms with van der Waals surface area (Å²) in [6.07, 6.45) is 7.15. The van der Waals surface area contributed by atoms with Crippen LogP contribution >= 0.6 is 0 Å². The highest BCUT2D eigenvalue weighted by atomic mass is 16.2. The minimum absolute atomic E-state index is 0.0210. The van der Waals surface area contributed by atoms with Gasteiger partial charge in [-0.15, -0.1) is 0 Å². The highest BCUT2D eigenvalue weighted by molar-refractivity contribution is 6.05. The average Bonchev–Trinajstić information content (AvgIpc) is 3.40. The number of nitrogens with zero attached hydrogens (tertiary/aromatic N) is 5. The third kappa shape index (κ3) is 2.45. The second-order valence-electron chi connectivity index (χ2n) is 8.21. The van der Waals surface area contributed by atoms with Crippen LogP contribution < -0.4 is 10.5 Å². The van der Waals surface area contributed by atoms with E-state index in [-0.39, 0.29) is 23.3 Å². The zero-order valence-electron chi connectivity index (χ0n) is 16.4. The summed E-state index contributed by atoms with van der Waals surface area (Å²) in [6.45, 7) is 2.52. The van der Waals surface area contributed by atoms with E-state index in [0.29, 0.717) is 6.54 Å². The highest BCUT2D eigenvalue weighted by Crippen LogP contribution is 2.54. The summed E-state index contributed by atoms with van der Waals surface area (Å²) in [6, 6.07) is 9.62. The monoisotopic (exact) mass is 387 g/mol. The van der Waals surface area contributed by atoms with Gasteiger partial charge in [0.25, 0.3) is 5.56 Å². The SMILES string of the molecule is C[C@@H]1CN(c2ccnn3cc(-c4ccn(C)c(=O)c4)cc23)C(=O)[C@]1(C#N)C1CC1. The van der Waals surface area contributed by atoms with Crippen molar-refractivity contribution in [1.82, 2.24) is 14.2 Å². The smallest absolute Gasteiger partial charge is 0.250 e. The first kappa shape index (κ1) is 17.7. The van der Waals surface area contributed by atoms with E-state index < -0.39 is 5.41 Å². The Kier molecular flexibility index (Phi) is 3.69. The number of carbonyl (C=O) groups is 1. The van der Waals surface area contributed by atoms with Crippen LogP contribution in [0.2, 0.25) is 0 Å². The van der Waals surface area contributed by atoms with E-state index in [1.54, 1.807) is 34.9 Å². The molecule has 0 N–H and O–H groups in total. The normalized spacial score (nSPS) is 24.2. The molecule has 1 saturated heterocycles. The molecule has 3 aromatic rings. The van der Waals surface area contributed by atoms with Crippen molar-refractivity contribution in [2.75, 3.05) is 11.4 Å². The van der Waals surface area contributed by atoms with E-state index in [0.717, 1.165) is 35.2 Å². The first-order chi connectivity index (χ1) is 14.0. The lowest BCUT2D eigenvalue weighted by Gasteiger charge is -2.23. The zero-order valence-corrected chi connectivity index (χ0v) is 16.4. The van der Waals surface area contributed by atoms with Gasteiger partial charge in [-0.3, -0.25) is 9.59 Å². The number of hydrogen-bond acceptors (Lipinski definition) is 4. The molecule has 2 aliphatic rings. The van der Waals surface area contributed by atoms with E-state index in [1.807, 2.05) is 31.3 Å². The number of fused-ring (bicyclic) bond motifs is 1. The molecule has 0 unspecified atom stereocenters. The summed E-state index contributed by atoms with van der Waals surface area (Å²) in [7, 11) is 1.71. The van der Waals surface area contributed by atoms with Gasteiger partial charge in [-0.25, -0.2) is 4.52 Å². The molecule has 1 aliphatic heterocycles. The number of hydrogen-bond donors (Lipinski definition) is 0. The number of amides is 1. The molecule has 1 amide bonds. The van der Waals surface area contributed by atoms with Gasteiger partial charge < -0.3 is 9.47 Å². The molecule has 146 valence electrons. The molecule has 2 atom stereocenters. The summed E-state index contributed by atoms with van der Waals surface area (Å²) in [5.41, 5.74) is 2.20. The van der Waals surface area contributed by atoms with Crippen LogP contribution in [0.4, 0.5) is 5.69 Å². The fourth-order valence-corrected chi connectivity index (χ4v) is 4.62. The summed E-state index contributed by atoms with van der Waals surface area (Å²) in [5, 5.41) is 14.3. The number of aryl methyl sites for hydroxylation is 1. The number of nitriles is 1. The van der Waals surface area contributed by atoms with Gasteiger partial charge >= 0.3 is 0 Å². The van der Waals surface area contributed by atoms with Crippen LogP contribution in [-0.4, -0.2) is 26.6 Å². The van der Waals surface area contributed by atoms with Crippen LogP contribution in [-0.2, 0) is 11.8 Å². The molecular formula is C22H21N5O2. The molecule has 4 heterocycles. The molecule has 7 heteroatoms. The number of carbonyl (C=O) groups excluding carboxylic acids is 1. The minimum atomic E-state index is -0.915. The van der Waals surface area contributed by atoms with E-state index >= 15 is 0 Å². The maximum absolute atomic E-state index is 13.4. The molecule has 7 nitrogen and oxygen atoms in total. The first-order valence-corrected chi connectivity index (χ1v) is 9.83.